The summed E-state index contributed by atoms with van der Waals surface area (Å²) in [5.74, 6) is 0.243. The molecule has 1 aliphatic rings. The fraction of sp³-hybridized carbons (Fsp3) is 0.333. The quantitative estimate of drug-likeness (QED) is 0.766. The van der Waals surface area contributed by atoms with Gasteiger partial charge in [-0.15, -0.1) is 0 Å². The van der Waals surface area contributed by atoms with E-state index in [1.807, 2.05) is 30.3 Å². The van der Waals surface area contributed by atoms with Crippen LogP contribution >= 0.6 is 0 Å². The van der Waals surface area contributed by atoms with E-state index in [4.69, 9.17) is 0 Å². The Hall–Kier alpha value is -2.96. The zero-order valence-electron chi connectivity index (χ0n) is 13.7. The van der Waals surface area contributed by atoms with Gasteiger partial charge < -0.3 is 5.32 Å². The molecule has 3 aromatic rings. The Balaban J connectivity index is 1.53. The molecule has 2 heterocycles. The van der Waals surface area contributed by atoms with Gasteiger partial charge in [0.05, 0.1) is 12.2 Å². The number of hydrogen-bond acceptors (Lipinski definition) is 4. The molecule has 1 amide bonds. The first-order chi connectivity index (χ1) is 12.2. The summed E-state index contributed by atoms with van der Waals surface area (Å²) < 4.78 is 2.58. The van der Waals surface area contributed by atoms with E-state index in [9.17, 15) is 9.59 Å². The molecule has 1 aliphatic carbocycles. The molecule has 7 heteroatoms. The van der Waals surface area contributed by atoms with Crippen LogP contribution in [0.15, 0.2) is 53.7 Å². The highest BCUT2D eigenvalue weighted by atomic mass is 16.2. The van der Waals surface area contributed by atoms with Crippen molar-refractivity contribution >= 4 is 11.4 Å². The molecule has 1 N–H and O–H groups in total. The van der Waals surface area contributed by atoms with Gasteiger partial charge in [-0.3, -0.25) is 9.59 Å². The second-order valence-electron chi connectivity index (χ2n) is 6.40. The molecule has 25 heavy (non-hydrogen) atoms. The van der Waals surface area contributed by atoms with Gasteiger partial charge in [-0.1, -0.05) is 36.8 Å². The van der Waals surface area contributed by atoms with Crippen LogP contribution in [0.25, 0.3) is 5.52 Å². The molecule has 1 aromatic carbocycles. The summed E-state index contributed by atoms with van der Waals surface area (Å²) in [6.07, 6.45) is 6.39. The maximum Gasteiger partial charge on any atom is 0.293 e. The number of benzene rings is 1. The van der Waals surface area contributed by atoms with E-state index in [0.717, 1.165) is 18.4 Å². The van der Waals surface area contributed by atoms with Crippen molar-refractivity contribution in [3.8, 4) is 0 Å². The SMILES string of the molecule is O=C(Cn1ncn2nccc2c1=O)NC(c1ccccc1)C1CCC1. The number of nitrogens with zero attached hydrogens (tertiary/aromatic N) is 4. The van der Waals surface area contributed by atoms with Gasteiger partial charge >= 0.3 is 0 Å². The van der Waals surface area contributed by atoms with Crippen LogP contribution in [0.3, 0.4) is 0 Å². The Bertz CT molecular complexity index is 943. The lowest BCUT2D eigenvalue weighted by Crippen LogP contribution is -2.40. The Kier molecular flexibility index (Phi) is 4.05. The van der Waals surface area contributed by atoms with E-state index in [1.165, 1.54) is 28.1 Å². The van der Waals surface area contributed by atoms with Gasteiger partial charge in [0.15, 0.2) is 0 Å². The minimum atomic E-state index is -0.324. The van der Waals surface area contributed by atoms with Crippen LogP contribution in [0, 0.1) is 5.92 Å². The number of amides is 1. The number of hydrogen-bond donors (Lipinski definition) is 1. The third kappa shape index (κ3) is 3.05. The first-order valence-corrected chi connectivity index (χ1v) is 8.46. The van der Waals surface area contributed by atoms with Gasteiger partial charge in [-0.05, 0) is 30.4 Å². The van der Waals surface area contributed by atoms with Crippen LogP contribution < -0.4 is 10.9 Å². The Morgan fingerprint density at radius 1 is 1.20 bits per heavy atom. The highest BCUT2D eigenvalue weighted by molar-refractivity contribution is 5.76. The van der Waals surface area contributed by atoms with Gasteiger partial charge in [0.2, 0.25) is 5.91 Å². The summed E-state index contributed by atoms with van der Waals surface area (Å²) in [6.45, 7) is -0.101. The normalized spacial score (nSPS) is 15.7. The van der Waals surface area contributed by atoms with Gasteiger partial charge in [-0.2, -0.15) is 10.2 Å². The smallest absolute Gasteiger partial charge is 0.293 e. The first-order valence-electron chi connectivity index (χ1n) is 8.46. The predicted octanol–water partition coefficient (Wildman–Crippen LogP) is 1.55. The van der Waals surface area contributed by atoms with Crippen LogP contribution in [0.1, 0.15) is 30.9 Å². The summed E-state index contributed by atoms with van der Waals surface area (Å²) in [4.78, 5) is 24.9. The van der Waals surface area contributed by atoms with E-state index < -0.39 is 0 Å². The minimum Gasteiger partial charge on any atom is -0.347 e. The van der Waals surface area contributed by atoms with Crippen molar-refractivity contribution < 1.29 is 4.79 Å². The molecule has 7 nitrogen and oxygen atoms in total. The summed E-state index contributed by atoms with van der Waals surface area (Å²) in [5.41, 5.74) is 1.18. The molecule has 2 aromatic heterocycles. The van der Waals surface area contributed by atoms with Gasteiger partial charge in [0.25, 0.3) is 5.56 Å². The van der Waals surface area contributed by atoms with Crippen LogP contribution in [0.4, 0.5) is 0 Å². The number of carbonyl (C=O) groups excluding carboxylic acids is 1. The molecule has 0 saturated heterocycles. The third-order valence-corrected chi connectivity index (χ3v) is 4.81. The van der Waals surface area contributed by atoms with Crippen molar-refractivity contribution in [2.24, 2.45) is 5.92 Å². The van der Waals surface area contributed by atoms with E-state index in [1.54, 1.807) is 6.07 Å². The van der Waals surface area contributed by atoms with Crippen molar-refractivity contribution in [3.05, 3.63) is 64.8 Å². The summed E-state index contributed by atoms with van der Waals surface area (Å²) >= 11 is 0. The van der Waals surface area contributed by atoms with E-state index in [-0.39, 0.29) is 24.1 Å². The lowest BCUT2D eigenvalue weighted by molar-refractivity contribution is -0.123. The molecule has 0 spiro atoms. The molecule has 0 aliphatic heterocycles. The van der Waals surface area contributed by atoms with Crippen LogP contribution in [-0.2, 0) is 11.3 Å². The van der Waals surface area contributed by atoms with E-state index in [0.29, 0.717) is 11.4 Å². The summed E-state index contributed by atoms with van der Waals surface area (Å²) in [7, 11) is 0. The van der Waals surface area contributed by atoms with Crippen molar-refractivity contribution in [2.45, 2.75) is 31.8 Å². The van der Waals surface area contributed by atoms with Crippen LogP contribution in [0.5, 0.6) is 0 Å². The van der Waals surface area contributed by atoms with E-state index >= 15 is 0 Å². The van der Waals surface area contributed by atoms with Crippen molar-refractivity contribution in [2.75, 3.05) is 0 Å². The van der Waals surface area contributed by atoms with Crippen LogP contribution in [0.2, 0.25) is 0 Å². The molecule has 0 radical (unpaired) electrons. The Morgan fingerprint density at radius 3 is 2.72 bits per heavy atom. The largest absolute Gasteiger partial charge is 0.347 e. The molecule has 4 rings (SSSR count). The van der Waals surface area contributed by atoms with Crippen molar-refractivity contribution in [1.82, 2.24) is 24.7 Å². The average Bonchev–Trinajstić information content (AvgIpc) is 3.05. The summed E-state index contributed by atoms with van der Waals surface area (Å²) in [5, 5.41) is 11.1. The fourth-order valence-corrected chi connectivity index (χ4v) is 3.25. The molecule has 0 bridgehead atoms. The Labute approximate surface area is 144 Å². The maximum atomic E-state index is 12.5. The van der Waals surface area contributed by atoms with E-state index in [2.05, 4.69) is 15.5 Å². The van der Waals surface area contributed by atoms with Crippen LogP contribution in [-0.4, -0.2) is 25.3 Å². The van der Waals surface area contributed by atoms with Crippen molar-refractivity contribution in [1.29, 1.82) is 0 Å². The average molecular weight is 337 g/mol. The van der Waals surface area contributed by atoms with Crippen molar-refractivity contribution in [3.63, 3.8) is 0 Å². The highest BCUT2D eigenvalue weighted by Crippen LogP contribution is 2.37. The number of carbonyl (C=O) groups is 1. The predicted molar refractivity (Wildman–Crippen MR) is 91.9 cm³/mol. The van der Waals surface area contributed by atoms with Gasteiger partial charge in [-0.25, -0.2) is 9.20 Å². The molecule has 1 saturated carbocycles. The number of fused-ring (bicyclic) bond motifs is 1. The zero-order valence-corrected chi connectivity index (χ0v) is 13.7. The zero-order chi connectivity index (χ0) is 17.2. The lowest BCUT2D eigenvalue weighted by atomic mass is 9.77. The topological polar surface area (TPSA) is 81.3 Å². The Morgan fingerprint density at radius 2 is 2.00 bits per heavy atom. The minimum absolute atomic E-state index is 0.0168. The third-order valence-electron chi connectivity index (χ3n) is 4.81. The second kappa shape index (κ2) is 6.51. The van der Waals surface area contributed by atoms with Gasteiger partial charge in [0, 0.05) is 0 Å². The molecule has 128 valence electrons. The number of nitrogens with one attached hydrogen (secondary N) is 1. The first kappa shape index (κ1) is 15.6. The second-order valence-corrected chi connectivity index (χ2v) is 6.40. The monoisotopic (exact) mass is 337 g/mol. The lowest BCUT2D eigenvalue weighted by Gasteiger charge is -2.34. The summed E-state index contributed by atoms with van der Waals surface area (Å²) in [6, 6.07) is 11.6. The highest BCUT2D eigenvalue weighted by Gasteiger charge is 2.29. The number of rotatable bonds is 5. The molecule has 1 unspecified atom stereocenters. The van der Waals surface area contributed by atoms with Gasteiger partial charge in [0.1, 0.15) is 18.4 Å². The number of aromatic nitrogens is 4. The molecule has 1 fully saturated rings. The molecular weight excluding hydrogens is 318 g/mol. The maximum absolute atomic E-state index is 12.5. The molecular formula is C18H19N5O2. The fourth-order valence-electron chi connectivity index (χ4n) is 3.25. The molecule has 1 atom stereocenters. The standard InChI is InChI=1S/C18H19N5O2/c24-16(11-22-18(25)15-9-10-19-23(15)12-20-22)21-17(14-7-4-8-14)13-5-2-1-3-6-13/h1-3,5-6,9-10,12,14,17H,4,7-8,11H2,(H,21,24).